The zero-order chi connectivity index (χ0) is 22.2. The van der Waals surface area contributed by atoms with E-state index in [0.717, 1.165) is 54.7 Å². The maximum Gasteiger partial charge on any atom is 0.226 e. The van der Waals surface area contributed by atoms with Crippen molar-refractivity contribution in [3.05, 3.63) is 78.9 Å². The van der Waals surface area contributed by atoms with E-state index in [-0.39, 0.29) is 5.92 Å². The van der Waals surface area contributed by atoms with Crippen LogP contribution in [0.3, 0.4) is 0 Å². The van der Waals surface area contributed by atoms with Gasteiger partial charge in [-0.15, -0.1) is 0 Å². The molecule has 2 fully saturated rings. The van der Waals surface area contributed by atoms with Gasteiger partial charge >= 0.3 is 0 Å². The van der Waals surface area contributed by atoms with Crippen LogP contribution in [0.1, 0.15) is 37.3 Å². The Kier molecular flexibility index (Phi) is 5.25. The number of fused-ring (bicyclic) bond motifs is 2. The quantitative estimate of drug-likeness (QED) is 0.533. The molecule has 33 heavy (non-hydrogen) atoms. The molecule has 3 atom stereocenters. The van der Waals surface area contributed by atoms with Crippen molar-refractivity contribution in [2.75, 3.05) is 13.1 Å². The average molecular weight is 437 g/mol. The van der Waals surface area contributed by atoms with Crippen molar-refractivity contribution in [1.82, 2.24) is 19.9 Å². The molecule has 3 heterocycles. The number of nitrogens with zero attached hydrogens (tertiary/aromatic N) is 4. The van der Waals surface area contributed by atoms with E-state index in [1.165, 1.54) is 6.42 Å². The molecule has 1 aromatic carbocycles. The minimum atomic E-state index is 0.202. The third-order valence-electron chi connectivity index (χ3n) is 7.61. The van der Waals surface area contributed by atoms with Crippen LogP contribution in [0.5, 0.6) is 0 Å². The fraction of sp³-hybridized carbons (Fsp3) is 0.357. The zero-order valence-electron chi connectivity index (χ0n) is 18.7. The molecule has 3 aliphatic rings. The molecule has 1 saturated heterocycles. The number of rotatable bonds is 4. The molecule has 6 rings (SSSR count). The topological polar surface area (TPSA) is 59.0 Å². The number of carbonyl (C=O) groups is 1. The van der Waals surface area contributed by atoms with Gasteiger partial charge < -0.3 is 4.90 Å². The van der Waals surface area contributed by atoms with Crippen LogP contribution < -0.4 is 0 Å². The molecular formula is C28H28N4O. The maximum absolute atomic E-state index is 13.2. The number of hydrogen-bond acceptors (Lipinski definition) is 4. The lowest BCUT2D eigenvalue weighted by Crippen LogP contribution is -2.42. The monoisotopic (exact) mass is 436 g/mol. The molecular weight excluding hydrogens is 408 g/mol. The highest BCUT2D eigenvalue weighted by molar-refractivity contribution is 5.80. The number of amides is 1. The van der Waals surface area contributed by atoms with Gasteiger partial charge in [0.2, 0.25) is 5.91 Å². The van der Waals surface area contributed by atoms with E-state index in [1.807, 2.05) is 30.6 Å². The molecule has 2 bridgehead atoms. The van der Waals surface area contributed by atoms with Gasteiger partial charge in [-0.25, -0.2) is 9.97 Å². The summed E-state index contributed by atoms with van der Waals surface area (Å²) >= 11 is 0. The third kappa shape index (κ3) is 3.86. The van der Waals surface area contributed by atoms with Gasteiger partial charge in [-0.3, -0.25) is 9.78 Å². The second-order valence-electron chi connectivity index (χ2n) is 9.59. The lowest BCUT2D eigenvalue weighted by molar-refractivity contribution is -0.137. The molecule has 1 aliphatic heterocycles. The first-order valence-electron chi connectivity index (χ1n) is 12.1. The van der Waals surface area contributed by atoms with Crippen molar-refractivity contribution in [2.45, 2.75) is 31.6 Å². The molecule has 1 saturated carbocycles. The minimum absolute atomic E-state index is 0.202. The van der Waals surface area contributed by atoms with Gasteiger partial charge in [-0.1, -0.05) is 42.5 Å². The first-order valence-corrected chi connectivity index (χ1v) is 12.1. The summed E-state index contributed by atoms with van der Waals surface area (Å²) in [5, 5.41) is 0. The van der Waals surface area contributed by atoms with E-state index in [4.69, 9.17) is 4.98 Å². The predicted molar refractivity (Wildman–Crippen MR) is 128 cm³/mol. The molecule has 0 radical (unpaired) electrons. The Hall–Kier alpha value is -3.34. The van der Waals surface area contributed by atoms with Gasteiger partial charge in [0, 0.05) is 54.6 Å². The first kappa shape index (κ1) is 20.3. The Morgan fingerprint density at radius 3 is 2.42 bits per heavy atom. The van der Waals surface area contributed by atoms with E-state index in [0.29, 0.717) is 29.5 Å². The van der Waals surface area contributed by atoms with Crippen LogP contribution in [0.2, 0.25) is 0 Å². The van der Waals surface area contributed by atoms with Crippen molar-refractivity contribution in [3.8, 4) is 22.5 Å². The van der Waals surface area contributed by atoms with E-state index in [9.17, 15) is 4.79 Å². The van der Waals surface area contributed by atoms with Crippen molar-refractivity contribution in [1.29, 1.82) is 0 Å². The Bertz CT molecular complexity index is 1170. The van der Waals surface area contributed by atoms with Crippen LogP contribution in [-0.4, -0.2) is 38.8 Å². The average Bonchev–Trinajstić information content (AvgIpc) is 3.53. The van der Waals surface area contributed by atoms with Gasteiger partial charge in [0.25, 0.3) is 0 Å². The van der Waals surface area contributed by atoms with E-state index < -0.39 is 0 Å². The lowest BCUT2D eigenvalue weighted by atomic mass is 9.87. The molecule has 0 unspecified atom stereocenters. The van der Waals surface area contributed by atoms with Gasteiger partial charge in [0.05, 0.1) is 5.69 Å². The molecule has 3 aromatic rings. The van der Waals surface area contributed by atoms with Crippen molar-refractivity contribution >= 4 is 5.91 Å². The van der Waals surface area contributed by atoms with E-state index in [1.54, 1.807) is 6.20 Å². The number of likely N-dealkylation sites (tertiary alicyclic amines) is 1. The van der Waals surface area contributed by atoms with Crippen molar-refractivity contribution in [3.63, 3.8) is 0 Å². The van der Waals surface area contributed by atoms with Crippen molar-refractivity contribution in [2.24, 2.45) is 17.8 Å². The molecule has 0 N–H and O–H groups in total. The highest BCUT2D eigenvalue weighted by Gasteiger charge is 2.42. The number of aromatic nitrogens is 3. The SMILES string of the molecule is O=C([C@@H]1C[C@@H]2C=C[C@H]1C2)N1CCC(c2nc(-c3cccnc3)ncc2-c2ccccc2)CC1. The summed E-state index contributed by atoms with van der Waals surface area (Å²) < 4.78 is 0. The van der Waals surface area contributed by atoms with Crippen LogP contribution in [-0.2, 0) is 4.79 Å². The summed E-state index contributed by atoms with van der Waals surface area (Å²) in [6.07, 6.45) is 14.2. The molecule has 0 spiro atoms. The van der Waals surface area contributed by atoms with Crippen LogP contribution >= 0.6 is 0 Å². The van der Waals surface area contributed by atoms with Crippen LogP contribution in [0, 0.1) is 17.8 Å². The normalized spacial score (nSPS) is 24.4. The number of benzene rings is 1. The number of piperidine rings is 1. The summed E-state index contributed by atoms with van der Waals surface area (Å²) in [6.45, 7) is 1.61. The Balaban J connectivity index is 1.25. The number of pyridine rings is 1. The van der Waals surface area contributed by atoms with Crippen LogP contribution in [0.15, 0.2) is 73.2 Å². The van der Waals surface area contributed by atoms with Gasteiger partial charge in [-0.2, -0.15) is 0 Å². The highest BCUT2D eigenvalue weighted by atomic mass is 16.2. The Morgan fingerprint density at radius 2 is 1.73 bits per heavy atom. The standard InChI is InChI=1S/C28H28N4O/c33-28(24-16-19-8-9-22(24)15-19)32-13-10-21(11-14-32)26-25(20-5-2-1-3-6-20)18-30-27(31-26)23-7-4-12-29-17-23/h1-9,12,17-19,21-22,24H,10-11,13-16H2/t19-,22+,24-/m1/s1. The fourth-order valence-corrected chi connectivity index (χ4v) is 5.85. The molecule has 5 nitrogen and oxygen atoms in total. The second kappa shape index (κ2) is 8.54. The highest BCUT2D eigenvalue weighted by Crippen LogP contribution is 2.45. The zero-order valence-corrected chi connectivity index (χ0v) is 18.7. The molecule has 166 valence electrons. The second-order valence-corrected chi connectivity index (χ2v) is 9.59. The first-order chi connectivity index (χ1) is 16.3. The fourth-order valence-electron chi connectivity index (χ4n) is 5.85. The summed E-state index contributed by atoms with van der Waals surface area (Å²) in [4.78, 5) is 29.3. The van der Waals surface area contributed by atoms with Crippen molar-refractivity contribution < 1.29 is 4.79 Å². The lowest BCUT2D eigenvalue weighted by Gasteiger charge is -2.35. The maximum atomic E-state index is 13.2. The van der Waals surface area contributed by atoms with E-state index in [2.05, 4.69) is 51.3 Å². The third-order valence-corrected chi connectivity index (χ3v) is 7.61. The Labute approximate surface area is 194 Å². The predicted octanol–water partition coefficient (Wildman–Crippen LogP) is 5.12. The number of allylic oxidation sites excluding steroid dienone is 2. The molecule has 2 aliphatic carbocycles. The number of carbonyl (C=O) groups excluding carboxylic acids is 1. The summed E-state index contributed by atoms with van der Waals surface area (Å²) in [5.41, 5.74) is 4.24. The smallest absolute Gasteiger partial charge is 0.226 e. The Morgan fingerprint density at radius 1 is 0.909 bits per heavy atom. The van der Waals surface area contributed by atoms with E-state index >= 15 is 0 Å². The largest absolute Gasteiger partial charge is 0.342 e. The summed E-state index contributed by atoms with van der Waals surface area (Å²) in [5.74, 6) is 2.68. The van der Waals surface area contributed by atoms with Gasteiger partial charge in [0.1, 0.15) is 0 Å². The summed E-state index contributed by atoms with van der Waals surface area (Å²) in [7, 11) is 0. The molecule has 2 aromatic heterocycles. The number of hydrogen-bond donors (Lipinski definition) is 0. The summed E-state index contributed by atoms with van der Waals surface area (Å²) in [6, 6.07) is 14.3. The van der Waals surface area contributed by atoms with Gasteiger partial charge in [0.15, 0.2) is 5.82 Å². The van der Waals surface area contributed by atoms with Crippen LogP contribution in [0.4, 0.5) is 0 Å². The van der Waals surface area contributed by atoms with Crippen LogP contribution in [0.25, 0.3) is 22.5 Å². The molecule has 5 heteroatoms. The van der Waals surface area contributed by atoms with Gasteiger partial charge in [-0.05, 0) is 55.2 Å². The molecule has 1 amide bonds. The minimum Gasteiger partial charge on any atom is -0.342 e.